The summed E-state index contributed by atoms with van der Waals surface area (Å²) < 4.78 is 48.6. The van der Waals surface area contributed by atoms with E-state index in [1.807, 2.05) is 42.9 Å². The van der Waals surface area contributed by atoms with Crippen LogP contribution in [-0.4, -0.2) is 93.4 Å². The third kappa shape index (κ3) is 54.9. The van der Waals surface area contributed by atoms with Crippen molar-refractivity contribution in [3.63, 3.8) is 0 Å². The molecule has 18 heteroatoms. The highest BCUT2D eigenvalue weighted by molar-refractivity contribution is 6.90. The number of esters is 2. The Hall–Kier alpha value is -1.64. The third-order valence-corrected chi connectivity index (χ3v) is 34.7. The van der Waals surface area contributed by atoms with Crippen molar-refractivity contribution in [2.75, 3.05) is 13.2 Å². The van der Waals surface area contributed by atoms with Gasteiger partial charge >= 0.3 is 37.6 Å². The summed E-state index contributed by atoms with van der Waals surface area (Å²) in [4.78, 5) is 24.0. The van der Waals surface area contributed by atoms with Crippen LogP contribution in [0.5, 0.6) is 0 Å². The average molecular weight is 1250 g/mol. The zero-order chi connectivity index (χ0) is 51.4. The van der Waals surface area contributed by atoms with E-state index in [1.165, 1.54) is 11.1 Å². The highest BCUT2D eigenvalue weighted by Crippen LogP contribution is 2.30. The predicted octanol–water partition coefficient (Wildman–Crippen LogP) is 21.7. The molecule has 2 rings (SSSR count). The highest BCUT2D eigenvalue weighted by Gasteiger charge is 2.45. The summed E-state index contributed by atoms with van der Waals surface area (Å²) in [7, 11) is -15.3. The van der Waals surface area contributed by atoms with Gasteiger partial charge in [0, 0.05) is 17.2 Å². The SMILES string of the molecule is C.C.C.C.C.C.C.C.C.C.C.C.C=C(C)C(=O)OCCC(CC)c1ccccc1.C=C(C[Si](C)(O[Si](C)(C)C)O[Si](C)(C)O[Si](C)(C)C)C(=O)OCCC(CC)c1ccccc1.C[SiH](O[Si](C)(C)C)O[Si](C)(C)O[Si](C)(C)C. The van der Waals surface area contributed by atoms with Crippen LogP contribution in [0.2, 0.25) is 124 Å². The number of carbonyl (C=O) groups is 2. The van der Waals surface area contributed by atoms with Gasteiger partial charge in [-0.3, -0.25) is 0 Å². The second-order valence-corrected chi connectivity index (χ2v) is 53.4. The number of carbonyl (C=O) groups excluding carboxylic acids is 2. The van der Waals surface area contributed by atoms with Gasteiger partial charge in [-0.2, -0.15) is 0 Å². The molecule has 0 heterocycles. The molecule has 10 nitrogen and oxygen atoms in total. The van der Waals surface area contributed by atoms with Gasteiger partial charge < -0.3 is 34.2 Å². The van der Waals surface area contributed by atoms with Crippen molar-refractivity contribution < 1.29 is 43.8 Å². The standard InChI is InChI=1S/C24H46O5Si4.C15H20O2.C9H28O3Si4.12CH4/c1-12-22(23-16-14-13-15-17-23)18-19-26-24(25)21(2)20-33(11,28-31(6,7)8)29-32(9,10)27-30(3,4)5;1-4-13(14-8-6-5-7-9-14)10-11-17-15(16)12(2)3;1-13(10-14(2,3)4)11-16(8,9)12-15(5,6)7;;;;;;;;;;;;/h13-17,22H,2,12,18-20H2,1,3-11H3;5-9,13H,2,4,10-11H2,1,3H3;13H,1-9H3;12*1H4. The van der Waals surface area contributed by atoms with Crippen molar-refractivity contribution in [1.29, 1.82) is 0 Å². The van der Waals surface area contributed by atoms with Gasteiger partial charge in [-0.15, -0.1) is 0 Å². The Bertz CT molecular complexity index is 1740. The Morgan fingerprint density at radius 1 is 0.462 bits per heavy atom. The predicted molar refractivity (Wildman–Crippen MR) is 379 cm³/mol. The third-order valence-electron chi connectivity index (χ3n) is 9.16. The number of ether oxygens (including phenoxy) is 2. The molecule has 78 heavy (non-hydrogen) atoms. The minimum absolute atomic E-state index is 0. The van der Waals surface area contributed by atoms with Gasteiger partial charge in [-0.25, -0.2) is 9.59 Å². The van der Waals surface area contributed by atoms with Crippen LogP contribution in [0.3, 0.4) is 0 Å². The fourth-order valence-electron chi connectivity index (χ4n) is 7.64. The Balaban J connectivity index is -0.0000000741. The molecular weight excluding hydrogens is 1110 g/mol. The molecule has 0 aliphatic rings. The quantitative estimate of drug-likeness (QED) is 0.0513. The molecular formula is C60H142O10Si8. The van der Waals surface area contributed by atoms with Crippen LogP contribution in [0.15, 0.2) is 85.0 Å². The minimum Gasteiger partial charge on any atom is -0.462 e. The molecule has 0 bridgehead atoms. The molecule has 0 spiro atoms. The molecule has 2 aromatic carbocycles. The topological polar surface area (TPSA) is 108 Å². The molecule has 2 aromatic rings. The fraction of sp³-hybridized carbons (Fsp3) is 0.700. The molecule has 0 aliphatic carbocycles. The number of hydrogen-bond acceptors (Lipinski definition) is 10. The van der Waals surface area contributed by atoms with Gasteiger partial charge in [0.1, 0.15) is 0 Å². The van der Waals surface area contributed by atoms with Crippen molar-refractivity contribution >= 4 is 80.2 Å². The molecule has 0 radical (unpaired) electrons. The molecule has 4 atom stereocenters. The Labute approximate surface area is 501 Å². The van der Waals surface area contributed by atoms with Crippen LogP contribution in [-0.2, 0) is 43.8 Å². The lowest BCUT2D eigenvalue weighted by Crippen LogP contribution is -2.57. The van der Waals surface area contributed by atoms with E-state index in [-0.39, 0.29) is 101 Å². The van der Waals surface area contributed by atoms with Crippen LogP contribution in [0.4, 0.5) is 0 Å². The maximum absolute atomic E-state index is 12.8. The summed E-state index contributed by atoms with van der Waals surface area (Å²) in [5, 5.41) is 0. The van der Waals surface area contributed by atoms with Gasteiger partial charge in [0.05, 0.1) is 13.2 Å². The van der Waals surface area contributed by atoms with E-state index in [0.29, 0.717) is 42.2 Å². The molecule has 4 unspecified atom stereocenters. The van der Waals surface area contributed by atoms with Crippen LogP contribution in [0.25, 0.3) is 0 Å². The molecule has 0 fully saturated rings. The van der Waals surface area contributed by atoms with Crippen molar-refractivity contribution in [3.8, 4) is 0 Å². The molecule has 0 saturated carbocycles. The number of hydrogen-bond donors (Lipinski definition) is 0. The Morgan fingerprint density at radius 2 is 0.782 bits per heavy atom. The first-order chi connectivity index (χ1) is 29.9. The van der Waals surface area contributed by atoms with E-state index in [2.05, 4.69) is 163 Å². The number of benzene rings is 2. The van der Waals surface area contributed by atoms with E-state index in [4.69, 9.17) is 34.2 Å². The van der Waals surface area contributed by atoms with Crippen LogP contribution < -0.4 is 0 Å². The van der Waals surface area contributed by atoms with E-state index in [1.54, 1.807) is 6.92 Å². The molecule has 0 aliphatic heterocycles. The molecule has 474 valence electrons. The summed E-state index contributed by atoms with van der Waals surface area (Å²) in [5.41, 5.74) is 3.47. The normalized spacial score (nSPS) is 12.5. The van der Waals surface area contributed by atoms with Gasteiger partial charge in [0.15, 0.2) is 33.3 Å². The lowest BCUT2D eigenvalue weighted by atomic mass is 9.94. The molecule has 0 amide bonds. The van der Waals surface area contributed by atoms with Crippen molar-refractivity contribution in [2.45, 2.75) is 271 Å². The van der Waals surface area contributed by atoms with Crippen molar-refractivity contribution in [1.82, 2.24) is 0 Å². The monoisotopic (exact) mass is 1250 g/mol. The second kappa shape index (κ2) is 48.8. The first-order valence-electron chi connectivity index (χ1n) is 23.8. The van der Waals surface area contributed by atoms with E-state index >= 15 is 0 Å². The van der Waals surface area contributed by atoms with Gasteiger partial charge in [0.2, 0.25) is 0 Å². The fourth-order valence-corrected chi connectivity index (χ4v) is 39.8. The van der Waals surface area contributed by atoms with Crippen molar-refractivity contribution in [2.24, 2.45) is 0 Å². The zero-order valence-electron chi connectivity index (χ0n) is 45.5. The summed E-state index contributed by atoms with van der Waals surface area (Å²) in [5.74, 6) is 0.169. The van der Waals surface area contributed by atoms with Crippen LogP contribution in [0.1, 0.15) is 159 Å². The maximum atomic E-state index is 12.8. The lowest BCUT2D eigenvalue weighted by molar-refractivity contribution is -0.140. The minimum atomic E-state index is -2.75. The maximum Gasteiger partial charge on any atom is 0.333 e. The Kier molecular flexibility index (Phi) is 67.6. The smallest absolute Gasteiger partial charge is 0.333 e. The summed E-state index contributed by atoms with van der Waals surface area (Å²) in [6, 6.07) is 21.1. The molecule has 0 N–H and O–H groups in total. The van der Waals surface area contributed by atoms with Gasteiger partial charge in [-0.05, 0) is 173 Å². The highest BCUT2D eigenvalue weighted by atomic mass is 28.5. The van der Waals surface area contributed by atoms with Gasteiger partial charge in [0.25, 0.3) is 9.28 Å². The first-order valence-corrected chi connectivity index (χ1v) is 47.7. The largest absolute Gasteiger partial charge is 0.462 e. The Morgan fingerprint density at radius 3 is 1.08 bits per heavy atom. The zero-order valence-corrected chi connectivity index (χ0v) is 53.6. The van der Waals surface area contributed by atoms with Crippen LogP contribution >= 0.6 is 0 Å². The van der Waals surface area contributed by atoms with E-state index in [0.717, 1.165) is 25.7 Å². The van der Waals surface area contributed by atoms with Crippen molar-refractivity contribution in [3.05, 3.63) is 96.1 Å². The molecule has 0 aromatic heterocycles. The van der Waals surface area contributed by atoms with Crippen LogP contribution in [0, 0.1) is 0 Å². The second-order valence-electron chi connectivity index (χ2n) is 22.0. The molecule has 0 saturated heterocycles. The van der Waals surface area contributed by atoms with E-state index in [9.17, 15) is 9.59 Å². The lowest BCUT2D eigenvalue weighted by Gasteiger charge is -2.41. The van der Waals surface area contributed by atoms with Gasteiger partial charge in [-0.1, -0.05) is 177 Å². The average Bonchev–Trinajstić information content (AvgIpc) is 3.11. The summed E-state index contributed by atoms with van der Waals surface area (Å²) in [6.07, 6.45) is 3.70. The summed E-state index contributed by atoms with van der Waals surface area (Å²) in [6.45, 7) is 53.1. The van der Waals surface area contributed by atoms with E-state index < -0.39 is 68.2 Å². The first kappa shape index (κ1) is 108. The number of rotatable bonds is 26. The summed E-state index contributed by atoms with van der Waals surface area (Å²) >= 11 is 0.